The van der Waals surface area contributed by atoms with Crippen LogP contribution in [0.15, 0.2) is 70.5 Å². The van der Waals surface area contributed by atoms with Gasteiger partial charge in [0.05, 0.1) is 13.2 Å². The Labute approximate surface area is 205 Å². The number of halogens is 2. The highest BCUT2D eigenvalue weighted by Gasteiger charge is 2.22. The first-order valence-corrected chi connectivity index (χ1v) is 12.0. The van der Waals surface area contributed by atoms with E-state index in [2.05, 4.69) is 21.2 Å². The van der Waals surface area contributed by atoms with Crippen molar-refractivity contribution in [3.63, 3.8) is 0 Å². The number of methoxy groups -OCH3 is 1. The van der Waals surface area contributed by atoms with Crippen molar-refractivity contribution in [2.75, 3.05) is 32.1 Å². The number of thiophene rings is 1. The molecular formula is C24H25BrFN3O3S. The third-order valence-electron chi connectivity index (χ3n) is 4.84. The van der Waals surface area contributed by atoms with Gasteiger partial charge in [-0.2, -0.15) is 0 Å². The smallest absolute Gasteiger partial charge is 0.322 e. The van der Waals surface area contributed by atoms with Crippen molar-refractivity contribution in [1.29, 1.82) is 0 Å². The van der Waals surface area contributed by atoms with E-state index in [0.29, 0.717) is 25.4 Å². The van der Waals surface area contributed by atoms with Gasteiger partial charge < -0.3 is 19.9 Å². The number of urea groups is 1. The number of nitrogens with zero attached hydrogens (tertiary/aromatic N) is 2. The van der Waals surface area contributed by atoms with E-state index in [1.807, 2.05) is 29.6 Å². The molecule has 0 saturated heterocycles. The third-order valence-corrected chi connectivity index (χ3v) is 6.23. The molecule has 174 valence electrons. The molecule has 3 aromatic rings. The fourth-order valence-electron chi connectivity index (χ4n) is 3.09. The van der Waals surface area contributed by atoms with Gasteiger partial charge in [0.1, 0.15) is 12.4 Å². The van der Waals surface area contributed by atoms with Crippen LogP contribution in [0.4, 0.5) is 14.9 Å². The Bertz CT molecular complexity index is 1030. The molecule has 3 amide bonds. The van der Waals surface area contributed by atoms with E-state index in [-0.39, 0.29) is 30.8 Å². The summed E-state index contributed by atoms with van der Waals surface area (Å²) in [5, 5.41) is 4.77. The summed E-state index contributed by atoms with van der Waals surface area (Å²) < 4.78 is 19.4. The first-order valence-electron chi connectivity index (χ1n) is 10.3. The Kier molecular flexibility index (Phi) is 9.41. The fourth-order valence-corrected chi connectivity index (χ4v) is 4.07. The Morgan fingerprint density at radius 1 is 1.03 bits per heavy atom. The van der Waals surface area contributed by atoms with Crippen LogP contribution < -0.4 is 5.32 Å². The largest absolute Gasteiger partial charge is 0.383 e. The minimum absolute atomic E-state index is 0.113. The number of rotatable bonds is 10. The fraction of sp³-hybridized carbons (Fsp3) is 0.250. The van der Waals surface area contributed by atoms with Gasteiger partial charge in [0.15, 0.2) is 0 Å². The molecule has 9 heteroatoms. The van der Waals surface area contributed by atoms with Crippen LogP contribution in [0.25, 0.3) is 0 Å². The molecule has 0 aliphatic carbocycles. The average molecular weight is 534 g/mol. The number of carbonyl (C=O) groups is 2. The number of benzene rings is 2. The highest BCUT2D eigenvalue weighted by atomic mass is 79.9. The lowest BCUT2D eigenvalue weighted by Crippen LogP contribution is -2.45. The first-order chi connectivity index (χ1) is 15.9. The normalized spacial score (nSPS) is 10.6. The molecule has 0 bridgehead atoms. The topological polar surface area (TPSA) is 61.9 Å². The molecule has 0 fully saturated rings. The maximum absolute atomic E-state index is 13.3. The second-order valence-electron chi connectivity index (χ2n) is 7.31. The van der Waals surface area contributed by atoms with Gasteiger partial charge in [-0.1, -0.05) is 34.1 Å². The standard InChI is InChI=1S/C24H25BrFN3O3S/c1-32-13-12-28(24(31)27-21-10-6-19(25)7-11-21)17-23(30)29(16-22-3-2-14-33-22)15-18-4-8-20(26)9-5-18/h2-11,14H,12-13,15-17H2,1H3,(H,27,31). The Balaban J connectivity index is 1.73. The lowest BCUT2D eigenvalue weighted by molar-refractivity contribution is -0.133. The third kappa shape index (κ3) is 7.96. The SMILES string of the molecule is COCCN(CC(=O)N(Cc1ccc(F)cc1)Cc1cccs1)C(=O)Nc1ccc(Br)cc1. The maximum atomic E-state index is 13.3. The van der Waals surface area contributed by atoms with E-state index in [9.17, 15) is 14.0 Å². The second-order valence-corrected chi connectivity index (χ2v) is 9.25. The molecule has 0 radical (unpaired) electrons. The Morgan fingerprint density at radius 3 is 2.39 bits per heavy atom. The minimum atomic E-state index is -0.388. The van der Waals surface area contributed by atoms with Gasteiger partial charge in [-0.3, -0.25) is 4.79 Å². The van der Waals surface area contributed by atoms with Crippen molar-refractivity contribution in [3.05, 3.63) is 86.8 Å². The molecule has 0 atom stereocenters. The molecule has 0 spiro atoms. The van der Waals surface area contributed by atoms with E-state index in [1.54, 1.807) is 47.6 Å². The summed E-state index contributed by atoms with van der Waals surface area (Å²) in [6.07, 6.45) is 0. The predicted molar refractivity (Wildman–Crippen MR) is 132 cm³/mol. The molecule has 1 N–H and O–H groups in total. The molecule has 33 heavy (non-hydrogen) atoms. The van der Waals surface area contributed by atoms with E-state index >= 15 is 0 Å². The lowest BCUT2D eigenvalue weighted by Gasteiger charge is -2.27. The van der Waals surface area contributed by atoms with Crippen molar-refractivity contribution in [2.24, 2.45) is 0 Å². The Hall–Kier alpha value is -2.75. The Morgan fingerprint density at radius 2 is 1.76 bits per heavy atom. The van der Waals surface area contributed by atoms with Crippen LogP contribution in [0.5, 0.6) is 0 Å². The predicted octanol–water partition coefficient (Wildman–Crippen LogP) is 5.36. The molecule has 0 saturated carbocycles. The van der Waals surface area contributed by atoms with Gasteiger partial charge in [-0.25, -0.2) is 9.18 Å². The van der Waals surface area contributed by atoms with Crippen LogP contribution >= 0.6 is 27.3 Å². The number of hydrogen-bond donors (Lipinski definition) is 1. The zero-order chi connectivity index (χ0) is 23.6. The highest BCUT2D eigenvalue weighted by molar-refractivity contribution is 9.10. The van der Waals surface area contributed by atoms with Crippen LogP contribution in [0.3, 0.4) is 0 Å². The summed E-state index contributed by atoms with van der Waals surface area (Å²) in [5.41, 5.74) is 1.43. The van der Waals surface area contributed by atoms with Crippen LogP contribution in [-0.4, -0.2) is 48.5 Å². The van der Waals surface area contributed by atoms with E-state index < -0.39 is 0 Å². The molecule has 2 aromatic carbocycles. The molecule has 3 rings (SSSR count). The summed E-state index contributed by atoms with van der Waals surface area (Å²) in [5.74, 6) is -0.542. The summed E-state index contributed by atoms with van der Waals surface area (Å²) >= 11 is 4.92. The summed E-state index contributed by atoms with van der Waals surface area (Å²) in [6, 6.07) is 16.8. The number of anilines is 1. The number of nitrogens with one attached hydrogen (secondary N) is 1. The van der Waals surface area contributed by atoms with Crippen molar-refractivity contribution < 1.29 is 18.7 Å². The maximum Gasteiger partial charge on any atom is 0.322 e. The van der Waals surface area contributed by atoms with Gasteiger partial charge in [0.25, 0.3) is 0 Å². The lowest BCUT2D eigenvalue weighted by atomic mass is 10.2. The molecular weight excluding hydrogens is 509 g/mol. The molecule has 0 aliphatic rings. The molecule has 0 aliphatic heterocycles. The van der Waals surface area contributed by atoms with Crippen molar-refractivity contribution in [3.8, 4) is 0 Å². The van der Waals surface area contributed by atoms with E-state index in [0.717, 1.165) is 14.9 Å². The van der Waals surface area contributed by atoms with Gasteiger partial charge in [-0.05, 0) is 53.4 Å². The van der Waals surface area contributed by atoms with Crippen LogP contribution in [0, 0.1) is 5.82 Å². The summed E-state index contributed by atoms with van der Waals surface area (Å²) in [7, 11) is 1.55. The number of carbonyl (C=O) groups excluding carboxylic acids is 2. The number of hydrogen-bond acceptors (Lipinski definition) is 4. The van der Waals surface area contributed by atoms with Crippen molar-refractivity contribution in [2.45, 2.75) is 13.1 Å². The van der Waals surface area contributed by atoms with Crippen molar-refractivity contribution >= 4 is 44.9 Å². The minimum Gasteiger partial charge on any atom is -0.383 e. The first kappa shape index (κ1) is 24.9. The molecule has 6 nitrogen and oxygen atoms in total. The van der Waals surface area contributed by atoms with E-state index in [4.69, 9.17) is 4.74 Å². The summed E-state index contributed by atoms with van der Waals surface area (Å²) in [6.45, 7) is 1.15. The monoisotopic (exact) mass is 533 g/mol. The van der Waals surface area contributed by atoms with Gasteiger partial charge in [-0.15, -0.1) is 11.3 Å². The quantitative estimate of drug-likeness (QED) is 0.381. The average Bonchev–Trinajstić information content (AvgIpc) is 3.32. The van der Waals surface area contributed by atoms with Gasteiger partial charge in [0.2, 0.25) is 5.91 Å². The molecule has 0 unspecified atom stereocenters. The zero-order valence-corrected chi connectivity index (χ0v) is 20.6. The van der Waals surface area contributed by atoms with Crippen LogP contribution in [0.1, 0.15) is 10.4 Å². The summed E-state index contributed by atoms with van der Waals surface area (Å²) in [4.78, 5) is 30.3. The highest BCUT2D eigenvalue weighted by Crippen LogP contribution is 2.17. The van der Waals surface area contributed by atoms with Crippen LogP contribution in [-0.2, 0) is 22.6 Å². The van der Waals surface area contributed by atoms with Gasteiger partial charge in [0, 0.05) is 35.2 Å². The zero-order valence-electron chi connectivity index (χ0n) is 18.2. The van der Waals surface area contributed by atoms with Gasteiger partial charge >= 0.3 is 6.03 Å². The number of amides is 3. The molecule has 1 aromatic heterocycles. The second kappa shape index (κ2) is 12.5. The van der Waals surface area contributed by atoms with Crippen molar-refractivity contribution in [1.82, 2.24) is 9.80 Å². The van der Waals surface area contributed by atoms with E-state index in [1.165, 1.54) is 17.0 Å². The molecule has 1 heterocycles. The van der Waals surface area contributed by atoms with Crippen LogP contribution in [0.2, 0.25) is 0 Å². The number of ether oxygens (including phenoxy) is 1.